The molecule has 2 rings (SSSR count). The third kappa shape index (κ3) is 3.62. The molecule has 0 radical (unpaired) electrons. The molecule has 5 heteroatoms. The Bertz CT molecular complexity index is 451. The number of hydrogen-bond donors (Lipinski definition) is 1. The third-order valence-corrected chi connectivity index (χ3v) is 4.65. The average molecular weight is 279 g/mol. The van der Waals surface area contributed by atoms with Gasteiger partial charge in [0, 0.05) is 11.8 Å². The van der Waals surface area contributed by atoms with Gasteiger partial charge in [-0.1, -0.05) is 37.3 Å². The van der Waals surface area contributed by atoms with E-state index >= 15 is 0 Å². The summed E-state index contributed by atoms with van der Waals surface area (Å²) in [6, 6.07) is 0. The van der Waals surface area contributed by atoms with Crippen molar-refractivity contribution in [3.8, 4) is 0 Å². The van der Waals surface area contributed by atoms with Gasteiger partial charge in [0.2, 0.25) is 11.0 Å². The molecule has 1 aliphatic carbocycles. The van der Waals surface area contributed by atoms with Crippen LogP contribution < -0.4 is 5.32 Å². The number of nitrogens with zero attached hydrogens (tertiary/aromatic N) is 2. The molecule has 0 aromatic carbocycles. The zero-order chi connectivity index (χ0) is 13.7. The van der Waals surface area contributed by atoms with Crippen LogP contribution in [0.2, 0.25) is 0 Å². The zero-order valence-electron chi connectivity index (χ0n) is 11.6. The van der Waals surface area contributed by atoms with Crippen molar-refractivity contribution in [1.82, 2.24) is 10.2 Å². The molecule has 4 nitrogen and oxygen atoms in total. The van der Waals surface area contributed by atoms with E-state index in [-0.39, 0.29) is 11.8 Å². The van der Waals surface area contributed by atoms with Gasteiger partial charge in [-0.15, -0.1) is 10.2 Å². The van der Waals surface area contributed by atoms with Crippen molar-refractivity contribution in [3.63, 3.8) is 0 Å². The number of nitrogens with one attached hydrogen (secondary N) is 1. The predicted molar refractivity (Wildman–Crippen MR) is 78.3 cm³/mol. The lowest BCUT2D eigenvalue weighted by Gasteiger charge is -2.15. The van der Waals surface area contributed by atoms with Crippen molar-refractivity contribution in [1.29, 1.82) is 0 Å². The first-order valence-corrected chi connectivity index (χ1v) is 7.85. The van der Waals surface area contributed by atoms with E-state index in [0.717, 1.165) is 37.1 Å². The molecule has 0 spiro atoms. The standard InChI is InChI=1S/C14H21N3OS/c1-3-10(4-2)13-16-17-14(19-13)15-12(18)11-8-6-5-7-9-11/h5-6,10-11H,3-4,7-9H2,1-2H3,(H,15,17,18)/t11-/m1/s1. The molecular formula is C14H21N3OS. The average Bonchev–Trinajstić information content (AvgIpc) is 2.89. The van der Waals surface area contributed by atoms with Crippen LogP contribution in [0.3, 0.4) is 0 Å². The number of anilines is 1. The first kappa shape index (κ1) is 14.2. The highest BCUT2D eigenvalue weighted by Gasteiger charge is 2.20. The molecule has 0 saturated carbocycles. The summed E-state index contributed by atoms with van der Waals surface area (Å²) in [7, 11) is 0. The lowest BCUT2D eigenvalue weighted by Crippen LogP contribution is -2.23. The van der Waals surface area contributed by atoms with E-state index < -0.39 is 0 Å². The van der Waals surface area contributed by atoms with E-state index in [1.165, 1.54) is 11.3 Å². The van der Waals surface area contributed by atoms with Gasteiger partial charge in [0.1, 0.15) is 5.01 Å². The van der Waals surface area contributed by atoms with Crippen LogP contribution in [0, 0.1) is 5.92 Å². The molecule has 19 heavy (non-hydrogen) atoms. The fourth-order valence-electron chi connectivity index (χ4n) is 2.33. The molecule has 0 bridgehead atoms. The van der Waals surface area contributed by atoms with Gasteiger partial charge >= 0.3 is 0 Å². The molecule has 1 aliphatic rings. The molecular weight excluding hydrogens is 258 g/mol. The van der Waals surface area contributed by atoms with Gasteiger partial charge in [-0.3, -0.25) is 4.79 Å². The fraction of sp³-hybridized carbons (Fsp3) is 0.643. The molecule has 0 saturated heterocycles. The van der Waals surface area contributed by atoms with E-state index in [2.05, 4.69) is 41.5 Å². The van der Waals surface area contributed by atoms with Gasteiger partial charge in [-0.05, 0) is 32.1 Å². The molecule has 1 heterocycles. The van der Waals surface area contributed by atoms with Crippen LogP contribution in [0.1, 0.15) is 56.9 Å². The summed E-state index contributed by atoms with van der Waals surface area (Å²) in [5.74, 6) is 0.628. The van der Waals surface area contributed by atoms with Gasteiger partial charge in [0.15, 0.2) is 0 Å². The lowest BCUT2D eigenvalue weighted by atomic mass is 9.94. The number of amides is 1. The Morgan fingerprint density at radius 3 is 2.84 bits per heavy atom. The molecule has 0 fully saturated rings. The second-order valence-corrected chi connectivity index (χ2v) is 5.94. The third-order valence-electron chi connectivity index (χ3n) is 3.65. The molecule has 104 valence electrons. The maximum absolute atomic E-state index is 12.1. The summed E-state index contributed by atoms with van der Waals surface area (Å²) in [4.78, 5) is 12.1. The van der Waals surface area contributed by atoms with Gasteiger partial charge < -0.3 is 5.32 Å². The zero-order valence-corrected chi connectivity index (χ0v) is 12.4. The second-order valence-electron chi connectivity index (χ2n) is 4.93. The molecule has 0 unspecified atom stereocenters. The lowest BCUT2D eigenvalue weighted by molar-refractivity contribution is -0.120. The minimum atomic E-state index is 0.0802. The van der Waals surface area contributed by atoms with Crippen molar-refractivity contribution in [2.24, 2.45) is 5.92 Å². The summed E-state index contributed by atoms with van der Waals surface area (Å²) >= 11 is 1.51. The van der Waals surface area contributed by atoms with Crippen molar-refractivity contribution in [2.75, 3.05) is 5.32 Å². The number of aromatic nitrogens is 2. The Labute approximate surface area is 118 Å². The Morgan fingerprint density at radius 1 is 1.42 bits per heavy atom. The van der Waals surface area contributed by atoms with E-state index in [0.29, 0.717) is 11.0 Å². The Kier molecular flexibility index (Phi) is 5.07. The minimum Gasteiger partial charge on any atom is -0.300 e. The number of carbonyl (C=O) groups excluding carboxylic acids is 1. The Morgan fingerprint density at radius 2 is 2.21 bits per heavy atom. The van der Waals surface area contributed by atoms with Crippen LogP contribution in [0.25, 0.3) is 0 Å². The smallest absolute Gasteiger partial charge is 0.229 e. The first-order valence-electron chi connectivity index (χ1n) is 7.03. The topological polar surface area (TPSA) is 54.9 Å². The number of allylic oxidation sites excluding steroid dienone is 2. The largest absolute Gasteiger partial charge is 0.300 e. The van der Waals surface area contributed by atoms with Crippen LogP contribution in [0.5, 0.6) is 0 Å². The maximum Gasteiger partial charge on any atom is 0.229 e. The van der Waals surface area contributed by atoms with Crippen molar-refractivity contribution >= 4 is 22.4 Å². The number of hydrogen-bond acceptors (Lipinski definition) is 4. The van der Waals surface area contributed by atoms with E-state index in [4.69, 9.17) is 0 Å². The van der Waals surface area contributed by atoms with Gasteiger partial charge in [-0.25, -0.2) is 0 Å². The van der Waals surface area contributed by atoms with Crippen LogP contribution in [0.4, 0.5) is 5.13 Å². The molecule has 1 aromatic rings. The molecule has 1 atom stereocenters. The van der Waals surface area contributed by atoms with Crippen LogP contribution in [-0.2, 0) is 4.79 Å². The van der Waals surface area contributed by atoms with Gasteiger partial charge in [0.05, 0.1) is 0 Å². The van der Waals surface area contributed by atoms with E-state index in [9.17, 15) is 4.79 Å². The fourth-order valence-corrected chi connectivity index (χ4v) is 3.34. The molecule has 1 aromatic heterocycles. The minimum absolute atomic E-state index is 0.0802. The van der Waals surface area contributed by atoms with Gasteiger partial charge in [-0.2, -0.15) is 0 Å². The van der Waals surface area contributed by atoms with Crippen molar-refractivity contribution in [3.05, 3.63) is 17.2 Å². The summed E-state index contributed by atoms with van der Waals surface area (Å²) in [5, 5.41) is 12.9. The Balaban J connectivity index is 1.95. The first-order chi connectivity index (χ1) is 9.24. The monoisotopic (exact) mass is 279 g/mol. The van der Waals surface area contributed by atoms with Crippen LogP contribution >= 0.6 is 11.3 Å². The summed E-state index contributed by atoms with van der Waals surface area (Å²) < 4.78 is 0. The van der Waals surface area contributed by atoms with Crippen LogP contribution in [-0.4, -0.2) is 16.1 Å². The van der Waals surface area contributed by atoms with Crippen LogP contribution in [0.15, 0.2) is 12.2 Å². The second kappa shape index (κ2) is 6.80. The highest BCUT2D eigenvalue weighted by Crippen LogP contribution is 2.28. The Hall–Kier alpha value is -1.23. The normalized spacial score (nSPS) is 18.8. The highest BCUT2D eigenvalue weighted by atomic mass is 32.1. The quantitative estimate of drug-likeness (QED) is 0.835. The highest BCUT2D eigenvalue weighted by molar-refractivity contribution is 7.15. The molecule has 1 N–H and O–H groups in total. The number of carbonyl (C=O) groups is 1. The van der Waals surface area contributed by atoms with Gasteiger partial charge in [0.25, 0.3) is 0 Å². The van der Waals surface area contributed by atoms with Crippen molar-refractivity contribution in [2.45, 2.75) is 51.9 Å². The maximum atomic E-state index is 12.1. The molecule has 1 amide bonds. The summed E-state index contributed by atoms with van der Waals surface area (Å²) in [5.41, 5.74) is 0. The van der Waals surface area contributed by atoms with Crippen molar-refractivity contribution < 1.29 is 4.79 Å². The summed E-state index contributed by atoms with van der Waals surface area (Å²) in [6.07, 6.45) is 9.11. The predicted octanol–water partition coefficient (Wildman–Crippen LogP) is 3.74. The van der Waals surface area contributed by atoms with E-state index in [1.807, 2.05) is 0 Å². The molecule has 0 aliphatic heterocycles. The number of rotatable bonds is 5. The SMILES string of the molecule is CCC(CC)c1nnc(NC(=O)[C@@H]2CC=CCC2)s1. The summed E-state index contributed by atoms with van der Waals surface area (Å²) in [6.45, 7) is 4.31. The van der Waals surface area contributed by atoms with E-state index in [1.54, 1.807) is 0 Å².